The molecule has 0 aliphatic carbocycles. The number of hydrogen-bond donors (Lipinski definition) is 1. The van der Waals surface area contributed by atoms with Crippen molar-refractivity contribution in [1.29, 1.82) is 0 Å². The molecule has 0 radical (unpaired) electrons. The Labute approximate surface area is 157 Å². The molecule has 0 spiro atoms. The van der Waals surface area contributed by atoms with Crippen molar-refractivity contribution in [3.05, 3.63) is 59.0 Å². The number of ether oxygens (including phenoxy) is 1. The fraction of sp³-hybridized carbons (Fsp3) is 0.381. The van der Waals surface area contributed by atoms with Crippen LogP contribution in [0.2, 0.25) is 0 Å². The van der Waals surface area contributed by atoms with Crippen LogP contribution in [0, 0.1) is 5.82 Å². The van der Waals surface area contributed by atoms with Gasteiger partial charge < -0.3 is 14.5 Å². The topological polar surface area (TPSA) is 44.4 Å². The normalized spacial score (nSPS) is 20.8. The van der Waals surface area contributed by atoms with E-state index < -0.39 is 0 Å². The van der Waals surface area contributed by atoms with Gasteiger partial charge in [0.25, 0.3) is 0 Å². The SMILES string of the molecule is CN1Cc2cc(N3CCOCC3)c(F)cc2C(c2ccc3[nH]ncc3c2)C1. The second-order valence-corrected chi connectivity index (χ2v) is 7.57. The number of anilines is 1. The lowest BCUT2D eigenvalue weighted by atomic mass is 9.84. The average molecular weight is 366 g/mol. The van der Waals surface area contributed by atoms with Crippen molar-refractivity contribution in [2.75, 3.05) is 44.8 Å². The summed E-state index contributed by atoms with van der Waals surface area (Å²) in [4.78, 5) is 4.41. The molecule has 6 heteroatoms. The van der Waals surface area contributed by atoms with E-state index >= 15 is 4.39 Å². The first-order chi connectivity index (χ1) is 13.2. The molecular weight excluding hydrogens is 343 g/mol. The van der Waals surface area contributed by atoms with Gasteiger partial charge in [-0.2, -0.15) is 5.10 Å². The number of halogens is 1. The predicted molar refractivity (Wildman–Crippen MR) is 104 cm³/mol. The maximum Gasteiger partial charge on any atom is 0.146 e. The minimum atomic E-state index is -0.130. The third-order valence-electron chi connectivity index (χ3n) is 5.74. The van der Waals surface area contributed by atoms with E-state index in [1.807, 2.05) is 6.20 Å². The van der Waals surface area contributed by atoms with E-state index in [1.54, 1.807) is 6.07 Å². The van der Waals surface area contributed by atoms with Crippen LogP contribution in [-0.4, -0.2) is 55.0 Å². The molecule has 5 rings (SSSR count). The molecule has 1 aromatic heterocycles. The molecule has 2 aromatic carbocycles. The lowest BCUT2D eigenvalue weighted by Crippen LogP contribution is -2.37. The van der Waals surface area contributed by atoms with E-state index in [0.717, 1.165) is 42.6 Å². The van der Waals surface area contributed by atoms with Crippen LogP contribution in [0.4, 0.5) is 10.1 Å². The lowest BCUT2D eigenvalue weighted by Gasteiger charge is -2.35. The molecule has 1 saturated heterocycles. The zero-order chi connectivity index (χ0) is 18.4. The Morgan fingerprint density at radius 1 is 1.19 bits per heavy atom. The van der Waals surface area contributed by atoms with Crippen molar-refractivity contribution < 1.29 is 9.13 Å². The maximum atomic E-state index is 15.0. The number of aromatic amines is 1. The zero-order valence-corrected chi connectivity index (χ0v) is 15.4. The van der Waals surface area contributed by atoms with Crippen LogP contribution < -0.4 is 4.90 Å². The number of benzene rings is 2. The molecule has 2 aliphatic heterocycles. The number of rotatable bonds is 2. The standard InChI is InChI=1S/C21H23FN4O/c1-25-12-16-9-21(26-4-6-27-7-5-26)19(22)10-17(16)18(13-25)14-2-3-20-15(8-14)11-23-24-20/h2-3,8-11,18H,4-7,12-13H2,1H3,(H,23,24). The summed E-state index contributed by atoms with van der Waals surface area (Å²) in [6.45, 7) is 4.52. The molecular formula is C21H23FN4O. The number of morpholine rings is 1. The highest BCUT2D eigenvalue weighted by Crippen LogP contribution is 2.37. The Hall–Kier alpha value is -2.44. The van der Waals surface area contributed by atoms with Gasteiger partial charge >= 0.3 is 0 Å². The number of fused-ring (bicyclic) bond motifs is 2. The first kappa shape index (κ1) is 16.7. The van der Waals surface area contributed by atoms with Crippen molar-refractivity contribution in [2.24, 2.45) is 0 Å². The third-order valence-corrected chi connectivity index (χ3v) is 5.74. The van der Waals surface area contributed by atoms with Crippen LogP contribution in [0.5, 0.6) is 0 Å². The van der Waals surface area contributed by atoms with E-state index in [9.17, 15) is 0 Å². The number of hydrogen-bond acceptors (Lipinski definition) is 4. The highest BCUT2D eigenvalue weighted by Gasteiger charge is 2.28. The molecule has 3 heterocycles. The van der Waals surface area contributed by atoms with E-state index in [-0.39, 0.29) is 11.7 Å². The molecule has 0 saturated carbocycles. The minimum absolute atomic E-state index is 0.130. The Balaban J connectivity index is 1.57. The molecule has 140 valence electrons. The summed E-state index contributed by atoms with van der Waals surface area (Å²) in [7, 11) is 2.13. The lowest BCUT2D eigenvalue weighted by molar-refractivity contribution is 0.122. The summed E-state index contributed by atoms with van der Waals surface area (Å²) < 4.78 is 20.5. The van der Waals surface area contributed by atoms with Gasteiger partial charge in [-0.3, -0.25) is 5.10 Å². The first-order valence-electron chi connectivity index (χ1n) is 9.45. The fourth-order valence-corrected chi connectivity index (χ4v) is 4.36. The molecule has 1 fully saturated rings. The fourth-order valence-electron chi connectivity index (χ4n) is 4.36. The van der Waals surface area contributed by atoms with Gasteiger partial charge in [-0.25, -0.2) is 4.39 Å². The van der Waals surface area contributed by atoms with E-state index in [2.05, 4.69) is 51.3 Å². The maximum absolute atomic E-state index is 15.0. The van der Waals surface area contributed by atoms with Crippen molar-refractivity contribution in [3.8, 4) is 0 Å². The molecule has 1 N–H and O–H groups in total. The average Bonchev–Trinajstić information content (AvgIpc) is 3.16. The summed E-state index contributed by atoms with van der Waals surface area (Å²) in [5.74, 6) is 0.0286. The highest BCUT2D eigenvalue weighted by molar-refractivity contribution is 5.79. The monoisotopic (exact) mass is 366 g/mol. The summed E-state index contributed by atoms with van der Waals surface area (Å²) in [5.41, 5.74) is 5.25. The van der Waals surface area contributed by atoms with Gasteiger partial charge in [0.05, 0.1) is 30.6 Å². The van der Waals surface area contributed by atoms with Gasteiger partial charge in [-0.15, -0.1) is 0 Å². The van der Waals surface area contributed by atoms with Crippen LogP contribution in [0.3, 0.4) is 0 Å². The van der Waals surface area contributed by atoms with Crippen molar-refractivity contribution in [3.63, 3.8) is 0 Å². The first-order valence-corrected chi connectivity index (χ1v) is 9.45. The number of aromatic nitrogens is 2. The third kappa shape index (κ3) is 2.99. The minimum Gasteiger partial charge on any atom is -0.378 e. The Morgan fingerprint density at radius 3 is 2.89 bits per heavy atom. The summed E-state index contributed by atoms with van der Waals surface area (Å²) in [5, 5.41) is 8.20. The molecule has 1 unspecified atom stereocenters. The predicted octanol–water partition coefficient (Wildman–Crippen LogP) is 3.12. The summed E-state index contributed by atoms with van der Waals surface area (Å²) >= 11 is 0. The Bertz CT molecular complexity index is 979. The Kier molecular flexibility index (Phi) is 4.10. The van der Waals surface area contributed by atoms with Crippen LogP contribution in [0.1, 0.15) is 22.6 Å². The molecule has 3 aromatic rings. The summed E-state index contributed by atoms with van der Waals surface area (Å²) in [6, 6.07) is 10.2. The second kappa shape index (κ2) is 6.62. The highest BCUT2D eigenvalue weighted by atomic mass is 19.1. The van der Waals surface area contributed by atoms with E-state index in [1.165, 1.54) is 11.1 Å². The van der Waals surface area contributed by atoms with Crippen LogP contribution in [0.25, 0.3) is 10.9 Å². The molecule has 2 aliphatic rings. The van der Waals surface area contributed by atoms with Crippen LogP contribution in [-0.2, 0) is 11.3 Å². The van der Waals surface area contributed by atoms with E-state index in [0.29, 0.717) is 18.9 Å². The number of nitrogens with one attached hydrogen (secondary N) is 1. The molecule has 1 atom stereocenters. The number of nitrogens with zero attached hydrogens (tertiary/aromatic N) is 3. The van der Waals surface area contributed by atoms with Gasteiger partial charge in [0.2, 0.25) is 0 Å². The molecule has 0 bridgehead atoms. The second-order valence-electron chi connectivity index (χ2n) is 7.57. The number of H-pyrrole nitrogens is 1. The molecule has 0 amide bonds. The molecule has 5 nitrogen and oxygen atoms in total. The smallest absolute Gasteiger partial charge is 0.146 e. The van der Waals surface area contributed by atoms with Gasteiger partial charge in [0.15, 0.2) is 0 Å². The van der Waals surface area contributed by atoms with Crippen LogP contribution in [0.15, 0.2) is 36.5 Å². The van der Waals surface area contributed by atoms with Crippen LogP contribution >= 0.6 is 0 Å². The van der Waals surface area contributed by atoms with Crippen molar-refractivity contribution in [1.82, 2.24) is 15.1 Å². The van der Waals surface area contributed by atoms with E-state index in [4.69, 9.17) is 4.74 Å². The molecule has 27 heavy (non-hydrogen) atoms. The largest absolute Gasteiger partial charge is 0.378 e. The Morgan fingerprint density at radius 2 is 2.04 bits per heavy atom. The quantitative estimate of drug-likeness (QED) is 0.757. The number of likely N-dealkylation sites (N-methyl/N-ethyl adjacent to an activating group) is 1. The van der Waals surface area contributed by atoms with Gasteiger partial charge in [0, 0.05) is 37.5 Å². The van der Waals surface area contributed by atoms with Crippen molar-refractivity contribution >= 4 is 16.6 Å². The van der Waals surface area contributed by atoms with Gasteiger partial charge in [0.1, 0.15) is 5.82 Å². The zero-order valence-electron chi connectivity index (χ0n) is 15.4. The van der Waals surface area contributed by atoms with Gasteiger partial charge in [-0.05, 0) is 48.0 Å². The summed E-state index contributed by atoms with van der Waals surface area (Å²) in [6.07, 6.45) is 1.84. The van der Waals surface area contributed by atoms with Crippen molar-refractivity contribution in [2.45, 2.75) is 12.5 Å². The van der Waals surface area contributed by atoms with Gasteiger partial charge in [-0.1, -0.05) is 6.07 Å².